The molecule has 1 aliphatic rings. The van der Waals surface area contributed by atoms with Crippen molar-refractivity contribution < 1.29 is 14.0 Å². The number of fused-ring (bicyclic) bond motifs is 1. The third-order valence-corrected chi connectivity index (χ3v) is 5.85. The van der Waals surface area contributed by atoms with E-state index in [0.717, 1.165) is 11.1 Å². The van der Waals surface area contributed by atoms with E-state index in [1.54, 1.807) is 17.0 Å². The number of amides is 2. The van der Waals surface area contributed by atoms with Crippen molar-refractivity contribution in [1.29, 1.82) is 0 Å². The zero-order valence-electron chi connectivity index (χ0n) is 15.1. The number of thiophene rings is 1. The van der Waals surface area contributed by atoms with Crippen LogP contribution in [0.2, 0.25) is 0 Å². The Kier molecular flexibility index (Phi) is 5.88. The fourth-order valence-corrected chi connectivity index (χ4v) is 4.06. The molecule has 7 heteroatoms. The summed E-state index contributed by atoms with van der Waals surface area (Å²) in [5.41, 5.74) is 0. The molecule has 1 aromatic carbocycles. The van der Waals surface area contributed by atoms with Crippen LogP contribution >= 0.6 is 11.3 Å². The second-order valence-electron chi connectivity index (χ2n) is 6.71. The summed E-state index contributed by atoms with van der Waals surface area (Å²) >= 11 is 1.33. The van der Waals surface area contributed by atoms with Gasteiger partial charge in [-0.2, -0.15) is 0 Å². The van der Waals surface area contributed by atoms with Gasteiger partial charge in [-0.05, 0) is 31.5 Å². The van der Waals surface area contributed by atoms with Crippen LogP contribution < -0.4 is 5.32 Å². The molecular weight excluding hydrogens is 353 g/mol. The lowest BCUT2D eigenvalue weighted by Crippen LogP contribution is -2.51. The second kappa shape index (κ2) is 8.14. The monoisotopic (exact) mass is 377 g/mol. The molecule has 2 aromatic rings. The van der Waals surface area contributed by atoms with Crippen LogP contribution in [-0.2, 0) is 4.79 Å². The highest BCUT2D eigenvalue weighted by Crippen LogP contribution is 2.28. The minimum atomic E-state index is -0.296. The lowest BCUT2D eigenvalue weighted by atomic mass is 10.2. The van der Waals surface area contributed by atoms with Crippen LogP contribution in [0.25, 0.3) is 10.1 Å². The zero-order valence-corrected chi connectivity index (χ0v) is 15.9. The van der Waals surface area contributed by atoms with Crippen LogP contribution in [0, 0.1) is 5.82 Å². The maximum Gasteiger partial charge on any atom is 0.264 e. The summed E-state index contributed by atoms with van der Waals surface area (Å²) in [5, 5.41) is 3.46. The minimum Gasteiger partial charge on any atom is -0.353 e. The van der Waals surface area contributed by atoms with E-state index >= 15 is 0 Å². The number of hydrogen-bond acceptors (Lipinski definition) is 4. The Morgan fingerprint density at radius 2 is 2.00 bits per heavy atom. The first-order valence-corrected chi connectivity index (χ1v) is 9.78. The summed E-state index contributed by atoms with van der Waals surface area (Å²) in [6.07, 6.45) is 0.907. The topological polar surface area (TPSA) is 52.7 Å². The van der Waals surface area contributed by atoms with E-state index in [2.05, 4.69) is 10.2 Å². The van der Waals surface area contributed by atoms with Crippen LogP contribution in [0.5, 0.6) is 0 Å². The largest absolute Gasteiger partial charge is 0.353 e. The summed E-state index contributed by atoms with van der Waals surface area (Å²) in [4.78, 5) is 29.1. The van der Waals surface area contributed by atoms with E-state index < -0.39 is 0 Å². The van der Waals surface area contributed by atoms with Crippen molar-refractivity contribution >= 4 is 33.2 Å². The van der Waals surface area contributed by atoms with Crippen LogP contribution in [0.1, 0.15) is 29.9 Å². The Morgan fingerprint density at radius 3 is 2.65 bits per heavy atom. The van der Waals surface area contributed by atoms with E-state index in [9.17, 15) is 14.0 Å². The number of rotatable bonds is 5. The number of hydrogen-bond donors (Lipinski definition) is 1. The first kappa shape index (κ1) is 18.8. The van der Waals surface area contributed by atoms with Crippen molar-refractivity contribution in [1.82, 2.24) is 15.1 Å². The van der Waals surface area contributed by atoms with Gasteiger partial charge in [-0.1, -0.05) is 13.0 Å². The summed E-state index contributed by atoms with van der Waals surface area (Å²) in [7, 11) is 0. The summed E-state index contributed by atoms with van der Waals surface area (Å²) in [5.74, 6) is -0.330. The van der Waals surface area contributed by atoms with Crippen molar-refractivity contribution in [2.24, 2.45) is 0 Å². The molecule has 1 N–H and O–H groups in total. The van der Waals surface area contributed by atoms with Crippen LogP contribution in [0.15, 0.2) is 24.3 Å². The van der Waals surface area contributed by atoms with E-state index in [1.807, 2.05) is 19.9 Å². The van der Waals surface area contributed by atoms with Gasteiger partial charge in [-0.25, -0.2) is 4.39 Å². The molecule has 26 heavy (non-hydrogen) atoms. The Morgan fingerprint density at radius 1 is 1.27 bits per heavy atom. The molecule has 0 bridgehead atoms. The van der Waals surface area contributed by atoms with Gasteiger partial charge in [0.05, 0.1) is 11.4 Å². The van der Waals surface area contributed by atoms with Gasteiger partial charge in [0.1, 0.15) is 5.82 Å². The molecule has 0 radical (unpaired) electrons. The van der Waals surface area contributed by atoms with Gasteiger partial charge in [0.2, 0.25) is 5.91 Å². The van der Waals surface area contributed by atoms with Crippen LogP contribution in [-0.4, -0.2) is 60.4 Å². The van der Waals surface area contributed by atoms with Gasteiger partial charge in [-0.15, -0.1) is 11.3 Å². The van der Waals surface area contributed by atoms with Gasteiger partial charge in [0, 0.05) is 42.3 Å². The van der Waals surface area contributed by atoms with Gasteiger partial charge >= 0.3 is 0 Å². The molecule has 1 saturated heterocycles. The van der Waals surface area contributed by atoms with Crippen molar-refractivity contribution in [2.75, 3.05) is 32.7 Å². The third kappa shape index (κ3) is 4.22. The standard InChI is InChI=1S/C19H24FN3O2S/c1-3-13(2)21-18(24)12-22-7-9-23(10-8-22)19(25)17-11-14-15(20)5-4-6-16(14)26-17/h4-6,11,13H,3,7-10,12H2,1-2H3,(H,21,24). The van der Waals surface area contributed by atoms with Crippen LogP contribution in [0.3, 0.4) is 0 Å². The molecule has 3 rings (SSSR count). The smallest absolute Gasteiger partial charge is 0.264 e. The van der Waals surface area contributed by atoms with Crippen molar-refractivity contribution in [2.45, 2.75) is 26.3 Å². The Hall–Kier alpha value is -1.99. The zero-order chi connectivity index (χ0) is 18.7. The molecule has 1 fully saturated rings. The number of carbonyl (C=O) groups excluding carboxylic acids is 2. The van der Waals surface area contributed by atoms with E-state index in [0.29, 0.717) is 43.0 Å². The van der Waals surface area contributed by atoms with Gasteiger partial charge in [0.15, 0.2) is 0 Å². The van der Waals surface area contributed by atoms with E-state index in [1.165, 1.54) is 17.4 Å². The molecule has 1 unspecified atom stereocenters. The SMILES string of the molecule is CCC(C)NC(=O)CN1CCN(C(=O)c2cc3c(F)cccc3s2)CC1. The van der Waals surface area contributed by atoms with Crippen LogP contribution in [0.4, 0.5) is 4.39 Å². The number of nitrogens with zero attached hydrogens (tertiary/aromatic N) is 2. The molecule has 5 nitrogen and oxygen atoms in total. The molecule has 1 aliphatic heterocycles. The molecule has 0 saturated carbocycles. The summed E-state index contributed by atoms with van der Waals surface area (Å²) in [6.45, 7) is 6.87. The Balaban J connectivity index is 1.56. The number of nitrogens with one attached hydrogen (secondary N) is 1. The predicted molar refractivity (Wildman–Crippen MR) is 102 cm³/mol. The molecule has 2 heterocycles. The fraction of sp³-hybridized carbons (Fsp3) is 0.474. The fourth-order valence-electron chi connectivity index (χ4n) is 3.02. The first-order chi connectivity index (χ1) is 12.5. The average Bonchev–Trinajstić information content (AvgIpc) is 3.07. The molecular formula is C19H24FN3O2S. The quantitative estimate of drug-likeness (QED) is 0.872. The predicted octanol–water partition coefficient (Wildman–Crippen LogP) is 2.71. The lowest BCUT2D eigenvalue weighted by molar-refractivity contribution is -0.123. The van der Waals surface area contributed by atoms with Gasteiger partial charge in [-0.3, -0.25) is 14.5 Å². The Bertz CT molecular complexity index is 799. The lowest BCUT2D eigenvalue weighted by Gasteiger charge is -2.34. The number of piperazine rings is 1. The number of halogens is 1. The van der Waals surface area contributed by atoms with Crippen molar-refractivity contribution in [3.63, 3.8) is 0 Å². The first-order valence-electron chi connectivity index (χ1n) is 8.97. The van der Waals surface area contributed by atoms with Crippen molar-refractivity contribution in [3.05, 3.63) is 35.0 Å². The summed E-state index contributed by atoms with van der Waals surface area (Å²) in [6, 6.07) is 6.72. The van der Waals surface area contributed by atoms with E-state index in [4.69, 9.17) is 0 Å². The highest BCUT2D eigenvalue weighted by molar-refractivity contribution is 7.20. The highest BCUT2D eigenvalue weighted by atomic mass is 32.1. The maximum atomic E-state index is 13.8. The normalized spacial score (nSPS) is 16.7. The molecule has 1 atom stereocenters. The molecule has 1 aromatic heterocycles. The van der Waals surface area contributed by atoms with Gasteiger partial charge in [0.25, 0.3) is 5.91 Å². The third-order valence-electron chi connectivity index (χ3n) is 4.77. The maximum absolute atomic E-state index is 13.8. The number of carbonyl (C=O) groups is 2. The average molecular weight is 377 g/mol. The van der Waals surface area contributed by atoms with E-state index in [-0.39, 0.29) is 23.7 Å². The molecule has 140 valence electrons. The highest BCUT2D eigenvalue weighted by Gasteiger charge is 2.25. The van der Waals surface area contributed by atoms with Gasteiger partial charge < -0.3 is 10.2 Å². The Labute approximate surface area is 156 Å². The molecule has 0 spiro atoms. The van der Waals surface area contributed by atoms with Crippen molar-refractivity contribution in [3.8, 4) is 0 Å². The second-order valence-corrected chi connectivity index (χ2v) is 7.79. The molecule has 2 amide bonds. The number of benzene rings is 1. The summed E-state index contributed by atoms with van der Waals surface area (Å²) < 4.78 is 14.6. The minimum absolute atomic E-state index is 0.0270. The molecule has 0 aliphatic carbocycles.